The minimum absolute atomic E-state index is 0.0575. The van der Waals surface area contributed by atoms with Crippen LogP contribution in [0, 0.1) is 18.3 Å². The highest BCUT2D eigenvalue weighted by Crippen LogP contribution is 2.58. The smallest absolute Gasteiger partial charge is 0.257 e. The molecule has 1 N–H and O–H groups in total. The first kappa shape index (κ1) is 23.0. The molecule has 1 atom stereocenters. The summed E-state index contributed by atoms with van der Waals surface area (Å²) in [4.78, 5) is 41.0. The average molecular weight is 458 g/mol. The van der Waals surface area contributed by atoms with Crippen LogP contribution in [0.5, 0.6) is 5.75 Å². The molecule has 0 aromatic carbocycles. The highest BCUT2D eigenvalue weighted by Gasteiger charge is 2.56. The highest BCUT2D eigenvalue weighted by atomic mass is 16.6. The Kier molecular flexibility index (Phi) is 6.27. The van der Waals surface area contributed by atoms with Crippen molar-refractivity contribution in [1.29, 1.82) is 0 Å². The van der Waals surface area contributed by atoms with E-state index in [1.165, 1.54) is 13.2 Å². The van der Waals surface area contributed by atoms with Crippen LogP contribution in [0.3, 0.4) is 0 Å². The van der Waals surface area contributed by atoms with Crippen LogP contribution in [0.25, 0.3) is 0 Å². The van der Waals surface area contributed by atoms with Gasteiger partial charge in [0.15, 0.2) is 0 Å². The van der Waals surface area contributed by atoms with Crippen LogP contribution in [-0.2, 0) is 24.3 Å². The third kappa shape index (κ3) is 4.14. The maximum Gasteiger partial charge on any atom is 0.257 e. The maximum absolute atomic E-state index is 13.2. The van der Waals surface area contributed by atoms with Gasteiger partial charge >= 0.3 is 0 Å². The normalized spacial score (nSPS) is 18.9. The Balaban J connectivity index is 1.57. The Morgan fingerprint density at radius 3 is 2.61 bits per heavy atom. The van der Waals surface area contributed by atoms with Crippen LogP contribution >= 0.6 is 0 Å². The van der Waals surface area contributed by atoms with Crippen molar-refractivity contribution in [1.82, 2.24) is 25.1 Å². The molecule has 1 saturated carbocycles. The summed E-state index contributed by atoms with van der Waals surface area (Å²) in [5.74, 6) is 0.0567. The number of methoxy groups -OCH3 is 1. The zero-order chi connectivity index (χ0) is 23.8. The molecular formula is C23H31N5O5. The third-order valence-corrected chi connectivity index (χ3v) is 7.41. The molecule has 2 aromatic rings. The summed E-state index contributed by atoms with van der Waals surface area (Å²) in [5.41, 5.74) is 1.88. The van der Waals surface area contributed by atoms with Crippen molar-refractivity contribution in [2.75, 3.05) is 20.2 Å². The van der Waals surface area contributed by atoms with E-state index in [1.54, 1.807) is 11.5 Å². The lowest BCUT2D eigenvalue weighted by atomic mass is 9.96. The first-order valence-corrected chi connectivity index (χ1v) is 11.5. The van der Waals surface area contributed by atoms with E-state index in [-0.39, 0.29) is 41.0 Å². The lowest BCUT2D eigenvalue weighted by Gasteiger charge is -2.22. The predicted molar refractivity (Wildman–Crippen MR) is 119 cm³/mol. The van der Waals surface area contributed by atoms with E-state index in [4.69, 9.17) is 4.74 Å². The molecule has 1 aliphatic carbocycles. The number of rotatable bonds is 7. The molecule has 10 nitrogen and oxygen atoms in total. The van der Waals surface area contributed by atoms with E-state index in [0.29, 0.717) is 48.7 Å². The first-order chi connectivity index (χ1) is 15.8. The number of hydrogen-bond donors (Lipinski definition) is 1. The van der Waals surface area contributed by atoms with E-state index < -0.39 is 0 Å². The van der Waals surface area contributed by atoms with Crippen molar-refractivity contribution in [3.8, 4) is 5.75 Å². The zero-order valence-corrected chi connectivity index (χ0v) is 19.6. The fraction of sp³-hybridized carbons (Fsp3) is 0.609. The van der Waals surface area contributed by atoms with Crippen LogP contribution in [0.2, 0.25) is 0 Å². The van der Waals surface area contributed by atoms with Gasteiger partial charge < -0.3 is 19.5 Å². The number of aromatic nitrogens is 3. The minimum Gasteiger partial charge on any atom is -0.496 e. The minimum atomic E-state index is -0.379. The average Bonchev–Trinajstić information content (AvgIpc) is 3.49. The van der Waals surface area contributed by atoms with Gasteiger partial charge in [-0.15, -0.1) is 0 Å². The Morgan fingerprint density at radius 1 is 1.24 bits per heavy atom. The summed E-state index contributed by atoms with van der Waals surface area (Å²) in [5, 5.41) is 10.3. The van der Waals surface area contributed by atoms with Crippen molar-refractivity contribution in [2.24, 2.45) is 11.3 Å². The number of nitrogens with zero attached hydrogens (tertiary/aromatic N) is 4. The van der Waals surface area contributed by atoms with Gasteiger partial charge in [0.2, 0.25) is 5.91 Å². The number of nitrogens with one attached hydrogen (secondary N) is 1. The molecule has 0 unspecified atom stereocenters. The molecule has 0 bridgehead atoms. The van der Waals surface area contributed by atoms with Crippen molar-refractivity contribution in [3.05, 3.63) is 39.1 Å². The Hall–Kier alpha value is -3.17. The Bertz CT molecular complexity index is 1120. The molecule has 2 aliphatic rings. The standard InChI is InChI=1S/C23H31N5O5/c1-5-23(6-2)12-15(23)22(31)27-8-7-17-20(18(32-4)11-19(29)28(17)10-9-27)21(30)24-13-16-14(3)25-33-26-16/h11,15H,5-10,12-13H2,1-4H3,(H,24,30)/t15-/m0/s1. The molecule has 1 fully saturated rings. The Labute approximate surface area is 192 Å². The molecule has 2 aromatic heterocycles. The van der Waals surface area contributed by atoms with Crippen LogP contribution < -0.4 is 15.6 Å². The molecule has 4 rings (SSSR count). The molecule has 2 amide bonds. The van der Waals surface area contributed by atoms with Gasteiger partial charge in [-0.3, -0.25) is 14.4 Å². The molecule has 0 radical (unpaired) electrons. The van der Waals surface area contributed by atoms with Crippen LogP contribution in [0.4, 0.5) is 0 Å². The van der Waals surface area contributed by atoms with E-state index in [1.807, 2.05) is 4.90 Å². The van der Waals surface area contributed by atoms with Crippen LogP contribution in [0.15, 0.2) is 15.5 Å². The molecule has 1 aliphatic heterocycles. The monoisotopic (exact) mass is 457 g/mol. The number of hydrogen-bond acceptors (Lipinski definition) is 7. The first-order valence-electron chi connectivity index (χ1n) is 11.5. The lowest BCUT2D eigenvalue weighted by molar-refractivity contribution is -0.133. The van der Waals surface area contributed by atoms with Gasteiger partial charge in [-0.2, -0.15) is 0 Å². The van der Waals surface area contributed by atoms with Crippen LogP contribution in [-0.4, -0.2) is 51.8 Å². The van der Waals surface area contributed by atoms with Crippen molar-refractivity contribution < 1.29 is 19.0 Å². The number of pyridine rings is 1. The quantitative estimate of drug-likeness (QED) is 0.672. The van der Waals surface area contributed by atoms with Crippen molar-refractivity contribution >= 4 is 11.8 Å². The lowest BCUT2D eigenvalue weighted by Crippen LogP contribution is -2.36. The predicted octanol–water partition coefficient (Wildman–Crippen LogP) is 1.69. The third-order valence-electron chi connectivity index (χ3n) is 7.41. The molecule has 0 spiro atoms. The van der Waals surface area contributed by atoms with Crippen molar-refractivity contribution in [2.45, 2.75) is 59.5 Å². The van der Waals surface area contributed by atoms with Gasteiger partial charge in [-0.1, -0.05) is 24.2 Å². The number of amides is 2. The summed E-state index contributed by atoms with van der Waals surface area (Å²) >= 11 is 0. The fourth-order valence-electron chi connectivity index (χ4n) is 4.99. The SMILES string of the molecule is CCC1(CC)C[C@H]1C(=O)N1CCc2c(C(=O)NCc3nonc3C)c(OC)cc(=O)n2CC1. The van der Waals surface area contributed by atoms with E-state index >= 15 is 0 Å². The van der Waals surface area contributed by atoms with E-state index in [2.05, 4.69) is 34.1 Å². The summed E-state index contributed by atoms with van der Waals surface area (Å²) in [6.07, 6.45) is 3.31. The van der Waals surface area contributed by atoms with Gasteiger partial charge in [0.1, 0.15) is 22.7 Å². The second-order valence-corrected chi connectivity index (χ2v) is 8.90. The van der Waals surface area contributed by atoms with Crippen LogP contribution in [0.1, 0.15) is 60.5 Å². The maximum atomic E-state index is 13.2. The van der Waals surface area contributed by atoms with Gasteiger partial charge in [-0.05, 0) is 31.6 Å². The van der Waals surface area contributed by atoms with Crippen molar-refractivity contribution in [3.63, 3.8) is 0 Å². The molecule has 10 heteroatoms. The summed E-state index contributed by atoms with van der Waals surface area (Å²) in [6, 6.07) is 1.33. The Morgan fingerprint density at radius 2 is 2.00 bits per heavy atom. The second-order valence-electron chi connectivity index (χ2n) is 8.90. The van der Waals surface area contributed by atoms with Gasteiger partial charge in [0.25, 0.3) is 11.5 Å². The molecule has 178 valence electrons. The number of carbonyl (C=O) groups excluding carboxylic acids is 2. The molecule has 33 heavy (non-hydrogen) atoms. The van der Waals surface area contributed by atoms with E-state index in [9.17, 15) is 14.4 Å². The van der Waals surface area contributed by atoms with Gasteiger partial charge in [0, 0.05) is 43.7 Å². The summed E-state index contributed by atoms with van der Waals surface area (Å²) in [7, 11) is 1.43. The largest absolute Gasteiger partial charge is 0.496 e. The zero-order valence-electron chi connectivity index (χ0n) is 19.6. The topological polar surface area (TPSA) is 120 Å². The molecular weight excluding hydrogens is 426 g/mol. The molecule has 3 heterocycles. The fourth-order valence-corrected chi connectivity index (χ4v) is 4.99. The molecule has 0 saturated heterocycles. The summed E-state index contributed by atoms with van der Waals surface area (Å²) in [6.45, 7) is 7.41. The number of fused-ring (bicyclic) bond motifs is 1. The highest BCUT2D eigenvalue weighted by molar-refractivity contribution is 5.98. The number of aryl methyl sites for hydroxylation is 1. The van der Waals surface area contributed by atoms with Gasteiger partial charge in [0.05, 0.1) is 13.7 Å². The second kappa shape index (κ2) is 8.99. The number of ether oxygens (including phenoxy) is 1. The van der Waals surface area contributed by atoms with Gasteiger partial charge in [-0.25, -0.2) is 4.63 Å². The number of carbonyl (C=O) groups is 2. The summed E-state index contributed by atoms with van der Waals surface area (Å²) < 4.78 is 11.7. The van der Waals surface area contributed by atoms with E-state index in [0.717, 1.165) is 19.3 Å².